The summed E-state index contributed by atoms with van der Waals surface area (Å²) in [5.41, 5.74) is 3.87. The van der Waals surface area contributed by atoms with Crippen molar-refractivity contribution < 1.29 is 0 Å². The highest BCUT2D eigenvalue weighted by Gasteiger charge is 2.18. The highest BCUT2D eigenvalue weighted by atomic mass is 35.5. The molecule has 3 nitrogen and oxygen atoms in total. The summed E-state index contributed by atoms with van der Waals surface area (Å²) < 4.78 is 0. The first kappa shape index (κ1) is 12.9. The average molecular weight is 278 g/mol. The van der Waals surface area contributed by atoms with E-state index in [1.54, 1.807) is 5.57 Å². The number of hydrogen-bond donors (Lipinski definition) is 1. The van der Waals surface area contributed by atoms with Crippen LogP contribution >= 0.6 is 11.6 Å². The molecule has 0 aromatic carbocycles. The molecule has 4 heteroatoms. The van der Waals surface area contributed by atoms with Gasteiger partial charge in [-0.2, -0.15) is 0 Å². The number of nitrogens with zero attached hydrogens (tertiary/aromatic N) is 2. The van der Waals surface area contributed by atoms with Gasteiger partial charge in [0, 0.05) is 12.1 Å². The van der Waals surface area contributed by atoms with Crippen LogP contribution in [0.3, 0.4) is 0 Å². The molecule has 19 heavy (non-hydrogen) atoms. The molecule has 0 radical (unpaired) electrons. The number of anilines is 1. The van der Waals surface area contributed by atoms with Crippen molar-refractivity contribution in [2.45, 2.75) is 51.4 Å². The third kappa shape index (κ3) is 3.08. The lowest BCUT2D eigenvalue weighted by Gasteiger charge is -2.13. The fourth-order valence-electron chi connectivity index (χ4n) is 2.93. The van der Waals surface area contributed by atoms with Gasteiger partial charge in [-0.3, -0.25) is 0 Å². The largest absolute Gasteiger partial charge is 0.354 e. The van der Waals surface area contributed by atoms with Gasteiger partial charge in [-0.25, -0.2) is 9.97 Å². The number of rotatable bonds is 4. The topological polar surface area (TPSA) is 37.8 Å². The molecule has 0 fully saturated rings. The second kappa shape index (κ2) is 5.91. The number of halogens is 1. The van der Waals surface area contributed by atoms with E-state index in [-0.39, 0.29) is 0 Å². The molecule has 0 amide bonds. The minimum Gasteiger partial charge on any atom is -0.354 e. The van der Waals surface area contributed by atoms with Crippen LogP contribution in [0.1, 0.15) is 49.8 Å². The molecule has 1 aromatic rings. The Hall–Kier alpha value is -1.09. The van der Waals surface area contributed by atoms with Gasteiger partial charge in [-0.15, -0.1) is 0 Å². The molecule has 1 aromatic heterocycles. The smallest absolute Gasteiger partial charge is 0.224 e. The van der Waals surface area contributed by atoms with Crippen molar-refractivity contribution in [3.05, 3.63) is 28.1 Å². The van der Waals surface area contributed by atoms with Crippen LogP contribution in [0.2, 0.25) is 5.15 Å². The van der Waals surface area contributed by atoms with E-state index in [2.05, 4.69) is 21.4 Å². The Kier molecular flexibility index (Phi) is 4.02. The molecular formula is C15H20ClN3. The number of nitrogens with one attached hydrogen (secondary N) is 1. The molecule has 0 spiro atoms. The van der Waals surface area contributed by atoms with Crippen molar-refractivity contribution in [1.29, 1.82) is 0 Å². The lowest BCUT2D eigenvalue weighted by molar-refractivity contribution is 0.679. The molecule has 0 bridgehead atoms. The third-order valence-corrected chi connectivity index (χ3v) is 4.31. The molecule has 3 rings (SSSR count). The summed E-state index contributed by atoms with van der Waals surface area (Å²) in [4.78, 5) is 8.92. The van der Waals surface area contributed by atoms with Gasteiger partial charge in [0.15, 0.2) is 0 Å². The van der Waals surface area contributed by atoms with Gasteiger partial charge < -0.3 is 5.32 Å². The quantitative estimate of drug-likeness (QED) is 0.669. The first-order valence-electron chi connectivity index (χ1n) is 7.30. The molecule has 2 aliphatic carbocycles. The van der Waals surface area contributed by atoms with Gasteiger partial charge in [0.2, 0.25) is 5.95 Å². The van der Waals surface area contributed by atoms with E-state index >= 15 is 0 Å². The summed E-state index contributed by atoms with van der Waals surface area (Å²) in [6.45, 7) is 0.904. The van der Waals surface area contributed by atoms with Crippen LogP contribution in [-0.4, -0.2) is 16.5 Å². The van der Waals surface area contributed by atoms with E-state index in [0.29, 0.717) is 11.1 Å². The number of aromatic nitrogens is 2. The van der Waals surface area contributed by atoms with Crippen LogP contribution in [0.5, 0.6) is 0 Å². The lowest BCUT2D eigenvalue weighted by atomic mass is 9.97. The monoisotopic (exact) mass is 277 g/mol. The molecule has 102 valence electrons. The molecule has 0 saturated heterocycles. The van der Waals surface area contributed by atoms with Gasteiger partial charge in [0.25, 0.3) is 0 Å². The van der Waals surface area contributed by atoms with Crippen molar-refractivity contribution in [1.82, 2.24) is 9.97 Å². The summed E-state index contributed by atoms with van der Waals surface area (Å²) in [7, 11) is 0. The average Bonchev–Trinajstić information content (AvgIpc) is 2.89. The van der Waals surface area contributed by atoms with Crippen LogP contribution in [0, 0.1) is 0 Å². The molecule has 0 atom stereocenters. The maximum Gasteiger partial charge on any atom is 0.224 e. The fraction of sp³-hybridized carbons (Fsp3) is 0.600. The van der Waals surface area contributed by atoms with Gasteiger partial charge in [0.1, 0.15) is 5.15 Å². The van der Waals surface area contributed by atoms with Crippen LogP contribution in [0.25, 0.3) is 0 Å². The van der Waals surface area contributed by atoms with Crippen LogP contribution in [-0.2, 0) is 12.8 Å². The molecule has 2 aliphatic rings. The second-order valence-electron chi connectivity index (χ2n) is 5.40. The maximum absolute atomic E-state index is 6.20. The van der Waals surface area contributed by atoms with Crippen molar-refractivity contribution in [3.63, 3.8) is 0 Å². The van der Waals surface area contributed by atoms with Crippen LogP contribution in [0.15, 0.2) is 11.6 Å². The van der Waals surface area contributed by atoms with Gasteiger partial charge in [0.05, 0.1) is 5.69 Å². The van der Waals surface area contributed by atoms with E-state index < -0.39 is 0 Å². The zero-order chi connectivity index (χ0) is 13.1. The Balaban J connectivity index is 1.58. The van der Waals surface area contributed by atoms with E-state index in [9.17, 15) is 0 Å². The predicted molar refractivity (Wildman–Crippen MR) is 78.7 cm³/mol. The van der Waals surface area contributed by atoms with Gasteiger partial charge in [-0.1, -0.05) is 23.3 Å². The molecule has 0 unspecified atom stereocenters. The third-order valence-electron chi connectivity index (χ3n) is 4.00. The minimum atomic E-state index is 0.641. The summed E-state index contributed by atoms with van der Waals surface area (Å²) in [5.74, 6) is 0.696. The van der Waals surface area contributed by atoms with Crippen molar-refractivity contribution >= 4 is 17.5 Å². The predicted octanol–water partition coefficient (Wildman–Crippen LogP) is 3.92. The Labute approximate surface area is 119 Å². The normalized spacial score (nSPS) is 18.1. The minimum absolute atomic E-state index is 0.641. The summed E-state index contributed by atoms with van der Waals surface area (Å²) in [6.07, 6.45) is 11.9. The first-order chi connectivity index (χ1) is 9.33. The molecule has 0 saturated carbocycles. The van der Waals surface area contributed by atoms with E-state index in [1.165, 1.54) is 25.7 Å². The molecule has 1 heterocycles. The Morgan fingerprint density at radius 1 is 1.11 bits per heavy atom. The number of aryl methyl sites for hydroxylation is 1. The lowest BCUT2D eigenvalue weighted by Crippen LogP contribution is -2.09. The van der Waals surface area contributed by atoms with Crippen LogP contribution < -0.4 is 5.32 Å². The van der Waals surface area contributed by atoms with Crippen LogP contribution in [0.4, 0.5) is 5.95 Å². The zero-order valence-electron chi connectivity index (χ0n) is 11.2. The van der Waals surface area contributed by atoms with Gasteiger partial charge >= 0.3 is 0 Å². The zero-order valence-corrected chi connectivity index (χ0v) is 12.0. The number of allylic oxidation sites excluding steroid dienone is 1. The van der Waals surface area contributed by atoms with E-state index in [0.717, 1.165) is 43.5 Å². The highest BCUT2D eigenvalue weighted by Crippen LogP contribution is 2.27. The van der Waals surface area contributed by atoms with E-state index in [4.69, 9.17) is 11.6 Å². The summed E-state index contributed by atoms with van der Waals surface area (Å²) in [6, 6.07) is 0. The molecular weight excluding hydrogens is 258 g/mol. The number of fused-ring (bicyclic) bond motifs is 1. The fourth-order valence-corrected chi connectivity index (χ4v) is 3.22. The molecule has 0 aliphatic heterocycles. The highest BCUT2D eigenvalue weighted by molar-refractivity contribution is 6.30. The van der Waals surface area contributed by atoms with Gasteiger partial charge in [-0.05, 0) is 51.4 Å². The Bertz CT molecular complexity index is 496. The van der Waals surface area contributed by atoms with Crippen molar-refractivity contribution in [2.24, 2.45) is 0 Å². The Morgan fingerprint density at radius 2 is 2.05 bits per heavy atom. The summed E-state index contributed by atoms with van der Waals surface area (Å²) in [5, 5.41) is 3.96. The van der Waals surface area contributed by atoms with Crippen molar-refractivity contribution in [3.8, 4) is 0 Å². The maximum atomic E-state index is 6.20. The summed E-state index contributed by atoms with van der Waals surface area (Å²) >= 11 is 6.20. The van der Waals surface area contributed by atoms with E-state index in [1.807, 2.05) is 0 Å². The molecule has 1 N–H and O–H groups in total. The Morgan fingerprint density at radius 3 is 2.89 bits per heavy atom. The second-order valence-corrected chi connectivity index (χ2v) is 5.76. The SMILES string of the molecule is Clc1nc(NCCC2=CCCCC2)nc2c1CCC2. The number of hydrogen-bond acceptors (Lipinski definition) is 3. The van der Waals surface area contributed by atoms with Crippen molar-refractivity contribution in [2.75, 3.05) is 11.9 Å². The first-order valence-corrected chi connectivity index (χ1v) is 7.68. The standard InChI is InChI=1S/C15H20ClN3/c16-14-12-7-4-8-13(12)18-15(19-14)17-10-9-11-5-2-1-3-6-11/h5H,1-4,6-10H2,(H,17,18,19).